The van der Waals surface area contributed by atoms with Gasteiger partial charge in [0.2, 0.25) is 5.91 Å². The third-order valence-electron chi connectivity index (χ3n) is 5.02. The molecule has 0 spiro atoms. The van der Waals surface area contributed by atoms with Gasteiger partial charge < -0.3 is 19.3 Å². The van der Waals surface area contributed by atoms with E-state index in [9.17, 15) is 9.59 Å². The van der Waals surface area contributed by atoms with Crippen LogP contribution in [0.5, 0.6) is 5.75 Å². The average molecular weight is 415 g/mol. The summed E-state index contributed by atoms with van der Waals surface area (Å²) >= 11 is 12.0. The highest BCUT2D eigenvalue weighted by atomic mass is 35.5. The van der Waals surface area contributed by atoms with Crippen LogP contribution in [0.3, 0.4) is 0 Å². The summed E-state index contributed by atoms with van der Waals surface area (Å²) in [6, 6.07) is 4.91. The van der Waals surface area contributed by atoms with Gasteiger partial charge >= 0.3 is 0 Å². The van der Waals surface area contributed by atoms with E-state index >= 15 is 0 Å². The second-order valence-electron chi connectivity index (χ2n) is 6.87. The Kier molecular flexibility index (Phi) is 6.84. The van der Waals surface area contributed by atoms with Crippen molar-refractivity contribution < 1.29 is 19.1 Å². The Labute approximate surface area is 169 Å². The molecule has 1 aromatic rings. The van der Waals surface area contributed by atoms with E-state index in [2.05, 4.69) is 0 Å². The molecule has 0 bridgehead atoms. The number of likely N-dealkylation sites (tertiary alicyclic amines) is 1. The molecule has 0 N–H and O–H groups in total. The van der Waals surface area contributed by atoms with Crippen LogP contribution in [0.15, 0.2) is 18.2 Å². The summed E-state index contributed by atoms with van der Waals surface area (Å²) in [5.74, 6) is 0.495. The average Bonchev–Trinajstić information content (AvgIpc) is 2.69. The van der Waals surface area contributed by atoms with Crippen LogP contribution in [0.1, 0.15) is 19.8 Å². The molecular formula is C19H24Cl2N2O4. The van der Waals surface area contributed by atoms with Crippen LogP contribution in [-0.4, -0.2) is 67.1 Å². The van der Waals surface area contributed by atoms with Gasteiger partial charge in [0.15, 0.2) is 6.10 Å². The summed E-state index contributed by atoms with van der Waals surface area (Å²) in [5, 5.41) is 0.885. The van der Waals surface area contributed by atoms with Gasteiger partial charge in [-0.2, -0.15) is 0 Å². The number of benzene rings is 1. The molecule has 0 saturated carbocycles. The quantitative estimate of drug-likeness (QED) is 0.759. The molecule has 3 rings (SSSR count). The van der Waals surface area contributed by atoms with Crippen LogP contribution in [0, 0.1) is 5.92 Å². The molecule has 2 heterocycles. The number of hydrogen-bond acceptors (Lipinski definition) is 4. The molecule has 8 heteroatoms. The fourth-order valence-electron chi connectivity index (χ4n) is 3.46. The zero-order chi connectivity index (χ0) is 19.4. The summed E-state index contributed by atoms with van der Waals surface area (Å²) in [4.78, 5) is 28.9. The van der Waals surface area contributed by atoms with Crippen LogP contribution in [0.4, 0.5) is 0 Å². The molecule has 2 aliphatic heterocycles. The fourth-order valence-corrected chi connectivity index (χ4v) is 3.91. The maximum Gasteiger partial charge on any atom is 0.263 e. The molecule has 2 amide bonds. The number of morpholine rings is 1. The highest BCUT2D eigenvalue weighted by molar-refractivity contribution is 6.35. The van der Waals surface area contributed by atoms with E-state index < -0.39 is 6.10 Å². The fraction of sp³-hybridized carbons (Fsp3) is 0.579. The molecular weight excluding hydrogens is 391 g/mol. The zero-order valence-electron chi connectivity index (χ0n) is 15.3. The van der Waals surface area contributed by atoms with Crippen LogP contribution in [0.25, 0.3) is 0 Å². The van der Waals surface area contributed by atoms with E-state index in [1.165, 1.54) is 0 Å². The Morgan fingerprint density at radius 1 is 1.11 bits per heavy atom. The number of carbonyl (C=O) groups is 2. The van der Waals surface area contributed by atoms with Gasteiger partial charge in [-0.1, -0.05) is 23.2 Å². The van der Waals surface area contributed by atoms with E-state index in [0.717, 1.165) is 0 Å². The third kappa shape index (κ3) is 5.06. The van der Waals surface area contributed by atoms with Crippen molar-refractivity contribution in [3.8, 4) is 5.75 Å². The second kappa shape index (κ2) is 9.13. The molecule has 0 radical (unpaired) electrons. The first-order valence-corrected chi connectivity index (χ1v) is 9.98. The minimum atomic E-state index is -0.657. The second-order valence-corrected chi connectivity index (χ2v) is 7.72. The molecule has 1 unspecified atom stereocenters. The predicted octanol–water partition coefficient (Wildman–Crippen LogP) is 2.86. The zero-order valence-corrected chi connectivity index (χ0v) is 16.8. The molecule has 2 fully saturated rings. The third-order valence-corrected chi connectivity index (χ3v) is 5.55. The number of rotatable bonds is 4. The highest BCUT2D eigenvalue weighted by Crippen LogP contribution is 2.29. The molecule has 2 aliphatic rings. The summed E-state index contributed by atoms with van der Waals surface area (Å²) in [6.45, 7) is 5.34. The standard InChI is InChI=1S/C19H24Cl2N2O4/c1-13(27-17-3-2-15(20)12-16(17)21)18(24)22-6-4-14(5-7-22)19(25)23-8-10-26-11-9-23/h2-3,12-14H,4-11H2,1H3. The normalized spacial score (nSPS) is 19.7. The minimum absolute atomic E-state index is 0.0194. The van der Waals surface area contributed by atoms with Crippen molar-refractivity contribution in [1.82, 2.24) is 9.80 Å². The van der Waals surface area contributed by atoms with Gasteiger partial charge in [0.05, 0.1) is 18.2 Å². The Morgan fingerprint density at radius 3 is 2.41 bits per heavy atom. The summed E-state index contributed by atoms with van der Waals surface area (Å²) in [7, 11) is 0. The Morgan fingerprint density at radius 2 is 1.78 bits per heavy atom. The number of amides is 2. The molecule has 6 nitrogen and oxygen atoms in total. The van der Waals surface area contributed by atoms with E-state index in [1.54, 1.807) is 30.0 Å². The Bertz CT molecular complexity index is 686. The van der Waals surface area contributed by atoms with Gasteiger partial charge in [-0.15, -0.1) is 0 Å². The number of ether oxygens (including phenoxy) is 2. The van der Waals surface area contributed by atoms with E-state index in [4.69, 9.17) is 32.7 Å². The molecule has 27 heavy (non-hydrogen) atoms. The van der Waals surface area contributed by atoms with Gasteiger partial charge in [0, 0.05) is 37.1 Å². The molecule has 1 atom stereocenters. The number of nitrogens with zero attached hydrogens (tertiary/aromatic N) is 2. The van der Waals surface area contributed by atoms with E-state index in [-0.39, 0.29) is 17.7 Å². The lowest BCUT2D eigenvalue weighted by Gasteiger charge is -2.36. The first kappa shape index (κ1) is 20.2. The topological polar surface area (TPSA) is 59.1 Å². The van der Waals surface area contributed by atoms with Gasteiger partial charge in [-0.3, -0.25) is 9.59 Å². The molecule has 0 aliphatic carbocycles. The largest absolute Gasteiger partial charge is 0.479 e. The van der Waals surface area contributed by atoms with Crippen molar-refractivity contribution in [2.24, 2.45) is 5.92 Å². The maximum atomic E-state index is 12.7. The molecule has 1 aromatic carbocycles. The van der Waals surface area contributed by atoms with Gasteiger partial charge in [-0.25, -0.2) is 0 Å². The van der Waals surface area contributed by atoms with E-state index in [1.807, 2.05) is 4.90 Å². The molecule has 148 valence electrons. The van der Waals surface area contributed by atoms with Crippen molar-refractivity contribution in [2.75, 3.05) is 39.4 Å². The molecule has 0 aromatic heterocycles. The van der Waals surface area contributed by atoms with Gasteiger partial charge in [-0.05, 0) is 38.0 Å². The van der Waals surface area contributed by atoms with Crippen molar-refractivity contribution in [3.63, 3.8) is 0 Å². The smallest absolute Gasteiger partial charge is 0.263 e. The lowest BCUT2D eigenvalue weighted by atomic mass is 9.95. The number of halogens is 2. The Balaban J connectivity index is 1.50. The van der Waals surface area contributed by atoms with Crippen LogP contribution >= 0.6 is 23.2 Å². The SMILES string of the molecule is CC(Oc1ccc(Cl)cc1Cl)C(=O)N1CCC(C(=O)N2CCOCC2)CC1. The van der Waals surface area contributed by atoms with E-state index in [0.29, 0.717) is 68.0 Å². The van der Waals surface area contributed by atoms with Crippen molar-refractivity contribution in [3.05, 3.63) is 28.2 Å². The van der Waals surface area contributed by atoms with Crippen LogP contribution in [-0.2, 0) is 14.3 Å². The molecule has 2 saturated heterocycles. The lowest BCUT2D eigenvalue weighted by Crippen LogP contribution is -2.49. The van der Waals surface area contributed by atoms with Crippen molar-refractivity contribution in [2.45, 2.75) is 25.9 Å². The van der Waals surface area contributed by atoms with Gasteiger partial charge in [0.1, 0.15) is 5.75 Å². The summed E-state index contributed by atoms with van der Waals surface area (Å²) in [6.07, 6.45) is 0.697. The number of piperidine rings is 1. The van der Waals surface area contributed by atoms with Crippen molar-refractivity contribution in [1.29, 1.82) is 0 Å². The van der Waals surface area contributed by atoms with Crippen LogP contribution < -0.4 is 4.74 Å². The number of hydrogen-bond donors (Lipinski definition) is 0. The predicted molar refractivity (Wildman–Crippen MR) is 103 cm³/mol. The highest BCUT2D eigenvalue weighted by Gasteiger charge is 2.32. The minimum Gasteiger partial charge on any atom is -0.479 e. The lowest BCUT2D eigenvalue weighted by molar-refractivity contribution is -0.145. The van der Waals surface area contributed by atoms with Crippen LogP contribution in [0.2, 0.25) is 10.0 Å². The van der Waals surface area contributed by atoms with Crippen molar-refractivity contribution >= 4 is 35.0 Å². The van der Waals surface area contributed by atoms with Gasteiger partial charge in [0.25, 0.3) is 5.91 Å². The first-order valence-electron chi connectivity index (χ1n) is 9.22. The maximum absolute atomic E-state index is 12.7. The first-order chi connectivity index (χ1) is 13.0. The summed E-state index contributed by atoms with van der Waals surface area (Å²) < 4.78 is 11.0. The summed E-state index contributed by atoms with van der Waals surface area (Å²) in [5.41, 5.74) is 0. The monoisotopic (exact) mass is 414 g/mol. The Hall–Kier alpha value is -1.50. The number of carbonyl (C=O) groups excluding carboxylic acids is 2.